The molecule has 3 aromatic heterocycles. The molecule has 3 heterocycles. The molecule has 0 saturated heterocycles. The summed E-state index contributed by atoms with van der Waals surface area (Å²) in [5, 5.41) is 9.69. The number of nitrogens with zero attached hydrogens (tertiary/aromatic N) is 2. The molecule has 0 saturated carbocycles. The average Bonchev–Trinajstić information content (AvgIpc) is 3.42. The third-order valence-electron chi connectivity index (χ3n) is 4.36. The van der Waals surface area contributed by atoms with Crippen molar-refractivity contribution < 1.29 is 13.9 Å². The van der Waals surface area contributed by atoms with Crippen LogP contribution >= 0.6 is 11.3 Å². The number of hydrogen-bond donors (Lipinski definition) is 1. The minimum Gasteiger partial charge on any atom is -0.493 e. The molecule has 0 aliphatic rings. The SMILES string of the molecule is COc1cccc2cc(C(=O)NC[C@@H](c3cccs3)n3cccn3)c(=O)oc12. The molecule has 8 heteroatoms. The molecule has 0 aliphatic carbocycles. The number of carbonyl (C=O) groups excluding carboxylic acids is 1. The molecule has 142 valence electrons. The zero-order valence-corrected chi connectivity index (χ0v) is 15.8. The van der Waals surface area contributed by atoms with Crippen molar-refractivity contribution in [2.45, 2.75) is 6.04 Å². The quantitative estimate of drug-likeness (QED) is 0.507. The first-order valence-corrected chi connectivity index (χ1v) is 9.47. The van der Waals surface area contributed by atoms with Crippen LogP contribution in [0.3, 0.4) is 0 Å². The fraction of sp³-hybridized carbons (Fsp3) is 0.150. The Morgan fingerprint density at radius 3 is 2.93 bits per heavy atom. The van der Waals surface area contributed by atoms with Crippen LogP contribution in [0.25, 0.3) is 11.0 Å². The molecule has 28 heavy (non-hydrogen) atoms. The molecular weight excluding hydrogens is 378 g/mol. The van der Waals surface area contributed by atoms with Gasteiger partial charge in [-0.1, -0.05) is 18.2 Å². The second kappa shape index (κ2) is 7.69. The number of methoxy groups -OCH3 is 1. The summed E-state index contributed by atoms with van der Waals surface area (Å²) in [6.07, 6.45) is 3.53. The highest BCUT2D eigenvalue weighted by atomic mass is 32.1. The Bertz CT molecular complexity index is 1120. The summed E-state index contributed by atoms with van der Waals surface area (Å²) in [4.78, 5) is 26.1. The minimum absolute atomic E-state index is 0.0499. The van der Waals surface area contributed by atoms with Crippen molar-refractivity contribution in [2.75, 3.05) is 13.7 Å². The number of para-hydroxylation sites is 1. The Labute approximate surface area is 164 Å². The van der Waals surface area contributed by atoms with Crippen LogP contribution < -0.4 is 15.7 Å². The number of benzene rings is 1. The van der Waals surface area contributed by atoms with Gasteiger partial charge in [-0.25, -0.2) is 4.79 Å². The van der Waals surface area contributed by atoms with Gasteiger partial charge in [0.25, 0.3) is 5.91 Å². The van der Waals surface area contributed by atoms with Crippen LogP contribution in [0.1, 0.15) is 21.3 Å². The molecule has 1 atom stereocenters. The summed E-state index contributed by atoms with van der Waals surface area (Å²) < 4.78 is 12.3. The molecule has 0 fully saturated rings. The van der Waals surface area contributed by atoms with Crippen molar-refractivity contribution in [1.82, 2.24) is 15.1 Å². The van der Waals surface area contributed by atoms with Gasteiger partial charge in [-0.05, 0) is 29.6 Å². The summed E-state index contributed by atoms with van der Waals surface area (Å²) in [6, 6.07) is 12.3. The Balaban J connectivity index is 1.59. The lowest BCUT2D eigenvalue weighted by Crippen LogP contribution is -2.33. The number of thiophene rings is 1. The second-order valence-corrected chi connectivity index (χ2v) is 7.03. The topological polar surface area (TPSA) is 86.4 Å². The molecule has 0 spiro atoms. The predicted octanol–water partition coefficient (Wildman–Crippen LogP) is 3.08. The Morgan fingerprint density at radius 1 is 1.32 bits per heavy atom. The van der Waals surface area contributed by atoms with E-state index in [4.69, 9.17) is 9.15 Å². The van der Waals surface area contributed by atoms with Gasteiger partial charge in [0.2, 0.25) is 0 Å². The molecular formula is C20H17N3O4S. The van der Waals surface area contributed by atoms with Crippen molar-refractivity contribution in [3.63, 3.8) is 0 Å². The molecule has 0 unspecified atom stereocenters. The van der Waals surface area contributed by atoms with Crippen molar-refractivity contribution in [1.29, 1.82) is 0 Å². The first-order chi connectivity index (χ1) is 13.7. The number of rotatable bonds is 6. The van der Waals surface area contributed by atoms with E-state index in [1.165, 1.54) is 13.2 Å². The summed E-state index contributed by atoms with van der Waals surface area (Å²) in [7, 11) is 1.50. The van der Waals surface area contributed by atoms with Crippen LogP contribution in [0.2, 0.25) is 0 Å². The predicted molar refractivity (Wildman–Crippen MR) is 106 cm³/mol. The highest BCUT2D eigenvalue weighted by Gasteiger charge is 2.19. The average molecular weight is 395 g/mol. The molecule has 1 aromatic carbocycles. The lowest BCUT2D eigenvalue weighted by atomic mass is 10.1. The van der Waals surface area contributed by atoms with E-state index in [9.17, 15) is 9.59 Å². The number of aromatic nitrogens is 2. The maximum absolute atomic E-state index is 12.7. The zero-order chi connectivity index (χ0) is 19.5. The van der Waals surface area contributed by atoms with E-state index < -0.39 is 11.5 Å². The van der Waals surface area contributed by atoms with Gasteiger partial charge in [0, 0.05) is 29.2 Å². The van der Waals surface area contributed by atoms with Gasteiger partial charge in [-0.2, -0.15) is 5.10 Å². The van der Waals surface area contributed by atoms with Crippen LogP contribution in [0.4, 0.5) is 0 Å². The standard InChI is InChI=1S/C20H17N3O4S/c1-26-16-6-2-5-13-11-14(20(25)27-18(13)16)19(24)21-12-15(17-7-3-10-28-17)23-9-4-8-22-23/h2-11,15H,12H2,1H3,(H,21,24)/t15-/m0/s1. The number of amides is 1. The normalized spacial score (nSPS) is 12.0. The maximum Gasteiger partial charge on any atom is 0.349 e. The van der Waals surface area contributed by atoms with Gasteiger partial charge in [-0.15, -0.1) is 11.3 Å². The van der Waals surface area contributed by atoms with Crippen LogP contribution in [-0.2, 0) is 0 Å². The van der Waals surface area contributed by atoms with Crippen LogP contribution in [0.15, 0.2) is 69.5 Å². The molecule has 0 radical (unpaired) electrons. The van der Waals surface area contributed by atoms with Crippen molar-refractivity contribution in [2.24, 2.45) is 0 Å². The fourth-order valence-corrected chi connectivity index (χ4v) is 3.81. The van der Waals surface area contributed by atoms with Crippen molar-refractivity contribution >= 4 is 28.2 Å². The van der Waals surface area contributed by atoms with E-state index in [1.807, 2.05) is 29.8 Å². The fourth-order valence-electron chi connectivity index (χ4n) is 2.99. The van der Waals surface area contributed by atoms with Crippen LogP contribution in [0.5, 0.6) is 5.75 Å². The number of ether oxygens (including phenoxy) is 1. The van der Waals surface area contributed by atoms with Gasteiger partial charge < -0.3 is 14.5 Å². The highest BCUT2D eigenvalue weighted by molar-refractivity contribution is 7.10. The highest BCUT2D eigenvalue weighted by Crippen LogP contribution is 2.25. The lowest BCUT2D eigenvalue weighted by Gasteiger charge is -2.17. The molecule has 7 nitrogen and oxygen atoms in total. The Kier molecular flexibility index (Phi) is 4.94. The van der Waals surface area contributed by atoms with E-state index in [-0.39, 0.29) is 18.2 Å². The summed E-state index contributed by atoms with van der Waals surface area (Å²) in [5.74, 6) is -0.0508. The minimum atomic E-state index is -0.707. The van der Waals surface area contributed by atoms with Gasteiger partial charge in [0.15, 0.2) is 11.3 Å². The number of hydrogen-bond acceptors (Lipinski definition) is 6. The Hall–Kier alpha value is -3.39. The summed E-state index contributed by atoms with van der Waals surface area (Å²) in [5.41, 5.74) is -0.438. The zero-order valence-electron chi connectivity index (χ0n) is 15.0. The molecule has 0 bridgehead atoms. The van der Waals surface area contributed by atoms with Gasteiger partial charge >= 0.3 is 5.63 Å². The maximum atomic E-state index is 12.7. The van der Waals surface area contributed by atoms with E-state index >= 15 is 0 Å². The van der Waals surface area contributed by atoms with Gasteiger partial charge in [0.05, 0.1) is 7.11 Å². The first-order valence-electron chi connectivity index (χ1n) is 8.59. The monoisotopic (exact) mass is 395 g/mol. The summed E-state index contributed by atoms with van der Waals surface area (Å²) in [6.45, 7) is 0.288. The van der Waals surface area contributed by atoms with E-state index in [1.54, 1.807) is 40.4 Å². The molecule has 4 rings (SSSR count). The first kappa shape index (κ1) is 18.0. The van der Waals surface area contributed by atoms with E-state index in [0.29, 0.717) is 16.7 Å². The van der Waals surface area contributed by atoms with Crippen molar-refractivity contribution in [3.8, 4) is 5.75 Å². The van der Waals surface area contributed by atoms with E-state index in [0.717, 1.165) is 4.88 Å². The third-order valence-corrected chi connectivity index (χ3v) is 5.33. The Morgan fingerprint density at radius 2 is 2.21 bits per heavy atom. The van der Waals surface area contributed by atoms with Gasteiger partial charge in [0.1, 0.15) is 11.6 Å². The molecule has 1 amide bonds. The van der Waals surface area contributed by atoms with Crippen LogP contribution in [0, 0.1) is 0 Å². The lowest BCUT2D eigenvalue weighted by molar-refractivity contribution is 0.0946. The summed E-state index contributed by atoms with van der Waals surface area (Å²) >= 11 is 1.58. The van der Waals surface area contributed by atoms with Crippen molar-refractivity contribution in [3.05, 3.63) is 81.1 Å². The molecule has 0 aliphatic heterocycles. The smallest absolute Gasteiger partial charge is 0.349 e. The number of fused-ring (bicyclic) bond motifs is 1. The molecule has 4 aromatic rings. The van der Waals surface area contributed by atoms with Gasteiger partial charge in [-0.3, -0.25) is 9.48 Å². The number of nitrogens with one attached hydrogen (secondary N) is 1. The molecule has 1 N–H and O–H groups in total. The second-order valence-electron chi connectivity index (χ2n) is 6.05. The van der Waals surface area contributed by atoms with E-state index in [2.05, 4.69) is 10.4 Å². The van der Waals surface area contributed by atoms with Crippen LogP contribution in [-0.4, -0.2) is 29.3 Å². The third kappa shape index (κ3) is 3.41. The largest absolute Gasteiger partial charge is 0.493 e. The number of carbonyl (C=O) groups is 1.